The van der Waals surface area contributed by atoms with E-state index in [1.165, 1.54) is 0 Å². The third-order valence-electron chi connectivity index (χ3n) is 4.89. The molecule has 2 aromatic rings. The van der Waals surface area contributed by atoms with Crippen LogP contribution in [0.2, 0.25) is 0 Å². The van der Waals surface area contributed by atoms with Crippen LogP contribution >= 0.6 is 0 Å². The first-order valence-electron chi connectivity index (χ1n) is 8.11. The number of hydrogen-bond donors (Lipinski definition) is 0. The van der Waals surface area contributed by atoms with Crippen molar-refractivity contribution in [3.63, 3.8) is 0 Å². The summed E-state index contributed by atoms with van der Waals surface area (Å²) in [5, 5.41) is 0. The molecule has 0 unspecified atom stereocenters. The van der Waals surface area contributed by atoms with Gasteiger partial charge in [-0.2, -0.15) is 0 Å². The Kier molecular flexibility index (Phi) is 3.79. The molecule has 2 aliphatic rings. The third kappa shape index (κ3) is 2.97. The second-order valence-electron chi connectivity index (χ2n) is 6.48. The van der Waals surface area contributed by atoms with Gasteiger partial charge in [-0.25, -0.2) is 0 Å². The lowest BCUT2D eigenvalue weighted by Gasteiger charge is -2.21. The van der Waals surface area contributed by atoms with E-state index < -0.39 is 0 Å². The predicted molar refractivity (Wildman–Crippen MR) is 86.6 cm³/mol. The van der Waals surface area contributed by atoms with Crippen LogP contribution in [0.3, 0.4) is 0 Å². The first-order chi connectivity index (χ1) is 11.3. The summed E-state index contributed by atoms with van der Waals surface area (Å²) in [7, 11) is 0. The van der Waals surface area contributed by atoms with Crippen LogP contribution in [-0.4, -0.2) is 51.9 Å². The summed E-state index contributed by atoms with van der Waals surface area (Å²) in [6.07, 6.45) is 5.21. The number of aromatic nitrogens is 2. The predicted octanol–water partition coefficient (Wildman–Crippen LogP) is 1.68. The molecule has 5 nitrogen and oxygen atoms in total. The highest BCUT2D eigenvalue weighted by Gasteiger charge is 2.41. The van der Waals surface area contributed by atoms with E-state index in [1.54, 1.807) is 24.5 Å². The molecule has 0 N–H and O–H groups in total. The van der Waals surface area contributed by atoms with Crippen molar-refractivity contribution in [1.82, 2.24) is 19.8 Å². The summed E-state index contributed by atoms with van der Waals surface area (Å²) in [6, 6.07) is 9.65. The fourth-order valence-electron chi connectivity index (χ4n) is 3.78. The lowest BCUT2D eigenvalue weighted by molar-refractivity contribution is 0.0773. The Morgan fingerprint density at radius 3 is 2.39 bits per heavy atom. The van der Waals surface area contributed by atoms with Gasteiger partial charge in [-0.15, -0.1) is 0 Å². The molecule has 118 valence electrons. The Labute approximate surface area is 136 Å². The average Bonchev–Trinajstić information content (AvgIpc) is 3.14. The summed E-state index contributed by atoms with van der Waals surface area (Å²) in [6.45, 7) is 4.75. The molecule has 0 bridgehead atoms. The number of pyridine rings is 2. The van der Waals surface area contributed by atoms with Gasteiger partial charge in [-0.1, -0.05) is 6.07 Å². The van der Waals surface area contributed by atoms with Gasteiger partial charge in [0.15, 0.2) is 0 Å². The zero-order valence-electron chi connectivity index (χ0n) is 13.0. The standard InChI is InChI=1S/C18H20N4O/c23-18(14-4-7-19-8-5-14)22-11-15-9-21(10-16(15)12-22)13-17-3-1-2-6-20-17/h1-8,15-16H,9-13H2/t15-,16-/m0/s1. The van der Waals surface area contributed by atoms with E-state index in [9.17, 15) is 4.79 Å². The van der Waals surface area contributed by atoms with Crippen LogP contribution in [0.1, 0.15) is 16.1 Å². The van der Waals surface area contributed by atoms with Gasteiger partial charge in [0.25, 0.3) is 5.91 Å². The number of hydrogen-bond acceptors (Lipinski definition) is 4. The average molecular weight is 308 g/mol. The molecule has 2 fully saturated rings. The van der Waals surface area contributed by atoms with Crippen molar-refractivity contribution in [2.75, 3.05) is 26.2 Å². The fourth-order valence-corrected chi connectivity index (χ4v) is 3.78. The summed E-state index contributed by atoms with van der Waals surface area (Å²) in [5.74, 6) is 1.31. The van der Waals surface area contributed by atoms with E-state index in [4.69, 9.17) is 0 Å². The topological polar surface area (TPSA) is 49.3 Å². The van der Waals surface area contributed by atoms with E-state index >= 15 is 0 Å². The number of carbonyl (C=O) groups is 1. The van der Waals surface area contributed by atoms with E-state index in [2.05, 4.69) is 20.9 Å². The zero-order valence-corrected chi connectivity index (χ0v) is 13.0. The Balaban J connectivity index is 1.36. The van der Waals surface area contributed by atoms with Crippen molar-refractivity contribution in [1.29, 1.82) is 0 Å². The fraction of sp³-hybridized carbons (Fsp3) is 0.389. The van der Waals surface area contributed by atoms with Crippen LogP contribution in [0.15, 0.2) is 48.9 Å². The largest absolute Gasteiger partial charge is 0.338 e. The molecule has 0 spiro atoms. The van der Waals surface area contributed by atoms with Gasteiger partial charge in [0.05, 0.1) is 5.69 Å². The molecule has 0 saturated carbocycles. The van der Waals surface area contributed by atoms with Gasteiger partial charge in [-0.3, -0.25) is 19.7 Å². The summed E-state index contributed by atoms with van der Waals surface area (Å²) < 4.78 is 0. The second kappa shape index (κ2) is 6.08. The molecule has 23 heavy (non-hydrogen) atoms. The van der Waals surface area contributed by atoms with E-state index in [0.717, 1.165) is 44.0 Å². The van der Waals surface area contributed by atoms with Crippen molar-refractivity contribution < 1.29 is 4.79 Å². The molecule has 2 aromatic heterocycles. The minimum Gasteiger partial charge on any atom is -0.338 e. The number of rotatable bonds is 3. The minimum absolute atomic E-state index is 0.137. The van der Waals surface area contributed by atoms with Crippen molar-refractivity contribution in [2.45, 2.75) is 6.54 Å². The van der Waals surface area contributed by atoms with Crippen LogP contribution in [0.4, 0.5) is 0 Å². The first kappa shape index (κ1) is 14.3. The van der Waals surface area contributed by atoms with E-state index in [0.29, 0.717) is 11.8 Å². The lowest BCUT2D eigenvalue weighted by atomic mass is 10.0. The lowest BCUT2D eigenvalue weighted by Crippen LogP contribution is -2.33. The van der Waals surface area contributed by atoms with Crippen molar-refractivity contribution in [3.8, 4) is 0 Å². The van der Waals surface area contributed by atoms with Crippen LogP contribution in [0.25, 0.3) is 0 Å². The molecule has 2 atom stereocenters. The maximum Gasteiger partial charge on any atom is 0.253 e. The zero-order chi connectivity index (χ0) is 15.6. The van der Waals surface area contributed by atoms with Crippen molar-refractivity contribution >= 4 is 5.91 Å². The van der Waals surface area contributed by atoms with Crippen LogP contribution in [0.5, 0.6) is 0 Å². The Hall–Kier alpha value is -2.27. The summed E-state index contributed by atoms with van der Waals surface area (Å²) in [4.78, 5) is 25.4. The monoisotopic (exact) mass is 308 g/mol. The van der Waals surface area contributed by atoms with Gasteiger partial charge in [-0.05, 0) is 36.1 Å². The normalized spacial score (nSPS) is 23.9. The maximum atomic E-state index is 12.5. The maximum absolute atomic E-state index is 12.5. The highest BCUT2D eigenvalue weighted by molar-refractivity contribution is 5.94. The SMILES string of the molecule is O=C(c1ccncc1)N1C[C@@H]2CN(Cc3ccccn3)C[C@H]2C1. The number of carbonyl (C=O) groups excluding carboxylic acids is 1. The first-order valence-corrected chi connectivity index (χ1v) is 8.11. The van der Waals surface area contributed by atoms with Gasteiger partial charge in [0, 0.05) is 56.9 Å². The van der Waals surface area contributed by atoms with Gasteiger partial charge in [0.2, 0.25) is 0 Å². The molecule has 4 heterocycles. The molecule has 2 aliphatic heterocycles. The molecule has 0 radical (unpaired) electrons. The highest BCUT2D eigenvalue weighted by Crippen LogP contribution is 2.32. The number of fused-ring (bicyclic) bond motifs is 1. The summed E-state index contributed by atoms with van der Waals surface area (Å²) in [5.41, 5.74) is 1.86. The van der Waals surface area contributed by atoms with Crippen LogP contribution < -0.4 is 0 Å². The molecule has 0 aliphatic carbocycles. The van der Waals surface area contributed by atoms with Crippen molar-refractivity contribution in [3.05, 3.63) is 60.2 Å². The third-order valence-corrected chi connectivity index (χ3v) is 4.89. The number of nitrogens with zero attached hydrogens (tertiary/aromatic N) is 4. The molecule has 2 saturated heterocycles. The van der Waals surface area contributed by atoms with Crippen LogP contribution in [-0.2, 0) is 6.54 Å². The number of likely N-dealkylation sites (tertiary alicyclic amines) is 2. The second-order valence-corrected chi connectivity index (χ2v) is 6.48. The van der Waals surface area contributed by atoms with Crippen molar-refractivity contribution in [2.24, 2.45) is 11.8 Å². The quantitative estimate of drug-likeness (QED) is 0.865. The highest BCUT2D eigenvalue weighted by atomic mass is 16.2. The van der Waals surface area contributed by atoms with Gasteiger partial charge in [0.1, 0.15) is 0 Å². The molecular formula is C18H20N4O. The Morgan fingerprint density at radius 1 is 1.00 bits per heavy atom. The smallest absolute Gasteiger partial charge is 0.253 e. The Bertz CT molecular complexity index is 662. The van der Waals surface area contributed by atoms with Crippen LogP contribution in [0, 0.1) is 11.8 Å². The molecule has 5 heteroatoms. The van der Waals surface area contributed by atoms with E-state index in [1.807, 2.05) is 23.2 Å². The number of amides is 1. The van der Waals surface area contributed by atoms with E-state index in [-0.39, 0.29) is 5.91 Å². The van der Waals surface area contributed by atoms with Gasteiger partial charge >= 0.3 is 0 Å². The summed E-state index contributed by atoms with van der Waals surface area (Å²) >= 11 is 0. The minimum atomic E-state index is 0.137. The molecular weight excluding hydrogens is 288 g/mol. The van der Waals surface area contributed by atoms with Gasteiger partial charge < -0.3 is 4.90 Å². The molecule has 0 aromatic carbocycles. The Morgan fingerprint density at radius 2 is 1.74 bits per heavy atom. The molecule has 4 rings (SSSR count). The molecule has 1 amide bonds.